The summed E-state index contributed by atoms with van der Waals surface area (Å²) in [6, 6.07) is 24.6. The summed E-state index contributed by atoms with van der Waals surface area (Å²) in [6.07, 6.45) is 7.97. The second-order valence-electron chi connectivity index (χ2n) is 10.8. The van der Waals surface area contributed by atoms with Gasteiger partial charge in [-0.05, 0) is 74.6 Å². The van der Waals surface area contributed by atoms with Gasteiger partial charge < -0.3 is 15.1 Å². The maximum Gasteiger partial charge on any atom is 0.265 e. The molecule has 0 saturated carbocycles. The number of aryl methyl sites for hydroxylation is 1. The van der Waals surface area contributed by atoms with Crippen LogP contribution in [0, 0.1) is 6.92 Å². The number of piperidine rings is 1. The molecule has 5 rings (SSSR count). The predicted octanol–water partition coefficient (Wildman–Crippen LogP) is 7.06. The molecular formula is C34H39N3O2S. The molecule has 6 heteroatoms. The van der Waals surface area contributed by atoms with Gasteiger partial charge >= 0.3 is 0 Å². The van der Waals surface area contributed by atoms with Crippen molar-refractivity contribution in [1.82, 2.24) is 10.2 Å². The van der Waals surface area contributed by atoms with E-state index < -0.39 is 0 Å². The van der Waals surface area contributed by atoms with Crippen LogP contribution >= 0.6 is 11.8 Å². The molecule has 0 bridgehead atoms. The summed E-state index contributed by atoms with van der Waals surface area (Å²) in [5, 5.41) is 3.12. The summed E-state index contributed by atoms with van der Waals surface area (Å²) in [7, 11) is 0. The highest BCUT2D eigenvalue weighted by atomic mass is 32.2. The summed E-state index contributed by atoms with van der Waals surface area (Å²) in [5.74, 6) is -0.139. The van der Waals surface area contributed by atoms with Crippen molar-refractivity contribution < 1.29 is 9.59 Å². The van der Waals surface area contributed by atoms with Gasteiger partial charge in [0.2, 0.25) is 0 Å². The largest absolute Gasteiger partial charge is 0.352 e. The van der Waals surface area contributed by atoms with Crippen LogP contribution in [-0.4, -0.2) is 42.4 Å². The number of nitrogens with zero attached hydrogens (tertiary/aromatic N) is 2. The zero-order chi connectivity index (χ0) is 27.9. The molecule has 1 atom stereocenters. The van der Waals surface area contributed by atoms with Gasteiger partial charge in [-0.1, -0.05) is 85.3 Å². The lowest BCUT2D eigenvalue weighted by Gasteiger charge is -2.35. The Morgan fingerprint density at radius 3 is 2.70 bits per heavy atom. The second kappa shape index (κ2) is 13.3. The molecule has 2 aliphatic rings. The van der Waals surface area contributed by atoms with Crippen molar-refractivity contribution in [2.24, 2.45) is 0 Å². The molecule has 0 radical (unpaired) electrons. The van der Waals surface area contributed by atoms with Crippen molar-refractivity contribution >= 4 is 35.3 Å². The van der Waals surface area contributed by atoms with E-state index in [1.807, 2.05) is 71.6 Å². The SMILES string of the molecule is CC[C@H]1CCCCN1CCCNC(=O)c1ccc2c(c1)N(Cc1cccc(C)c1)C(=O)/C(=C\c1ccccc1)S2. The lowest BCUT2D eigenvalue weighted by Crippen LogP contribution is -2.40. The highest BCUT2D eigenvalue weighted by Gasteiger charge is 2.30. The Morgan fingerprint density at radius 1 is 1.05 bits per heavy atom. The molecule has 1 fully saturated rings. The molecule has 5 nitrogen and oxygen atoms in total. The molecule has 0 aliphatic carbocycles. The first kappa shape index (κ1) is 28.2. The minimum atomic E-state index is -0.0907. The number of benzene rings is 3. The van der Waals surface area contributed by atoms with E-state index in [1.54, 1.807) is 0 Å². The molecule has 3 aromatic rings. The van der Waals surface area contributed by atoms with Crippen molar-refractivity contribution in [3.63, 3.8) is 0 Å². The molecule has 3 aromatic carbocycles. The van der Waals surface area contributed by atoms with E-state index in [2.05, 4.69) is 36.2 Å². The number of hydrogen-bond donors (Lipinski definition) is 1. The number of rotatable bonds is 9. The third kappa shape index (κ3) is 6.86. The van der Waals surface area contributed by atoms with Crippen LogP contribution in [0.25, 0.3) is 6.08 Å². The molecule has 0 aromatic heterocycles. The van der Waals surface area contributed by atoms with Crippen LogP contribution in [-0.2, 0) is 11.3 Å². The molecule has 1 N–H and O–H groups in total. The number of anilines is 1. The van der Waals surface area contributed by atoms with Gasteiger partial charge in [0.05, 0.1) is 17.1 Å². The number of carbonyl (C=O) groups excluding carboxylic acids is 2. The van der Waals surface area contributed by atoms with Crippen LogP contribution < -0.4 is 10.2 Å². The number of amides is 2. The highest BCUT2D eigenvalue weighted by Crippen LogP contribution is 2.43. The quantitative estimate of drug-likeness (QED) is 0.228. The minimum absolute atomic E-state index is 0.0487. The highest BCUT2D eigenvalue weighted by molar-refractivity contribution is 8.04. The van der Waals surface area contributed by atoms with E-state index in [0.717, 1.165) is 40.2 Å². The van der Waals surface area contributed by atoms with Crippen LogP contribution in [0.1, 0.15) is 66.1 Å². The Bertz CT molecular complexity index is 1370. The lowest BCUT2D eigenvalue weighted by molar-refractivity contribution is -0.114. The van der Waals surface area contributed by atoms with E-state index >= 15 is 0 Å². The third-order valence-corrected chi connectivity index (χ3v) is 8.91. The molecule has 2 aliphatic heterocycles. The van der Waals surface area contributed by atoms with Crippen molar-refractivity contribution in [3.05, 3.63) is 100.0 Å². The molecule has 0 unspecified atom stereocenters. The van der Waals surface area contributed by atoms with Crippen LogP contribution in [0.5, 0.6) is 0 Å². The van der Waals surface area contributed by atoms with Crippen molar-refractivity contribution in [2.75, 3.05) is 24.5 Å². The van der Waals surface area contributed by atoms with Crippen LogP contribution in [0.3, 0.4) is 0 Å². The first-order chi connectivity index (χ1) is 19.5. The molecule has 2 amide bonds. The number of thioether (sulfide) groups is 1. The monoisotopic (exact) mass is 553 g/mol. The van der Waals surface area contributed by atoms with Crippen LogP contribution in [0.2, 0.25) is 0 Å². The molecule has 0 spiro atoms. The number of fused-ring (bicyclic) bond motifs is 1. The predicted molar refractivity (Wildman–Crippen MR) is 166 cm³/mol. The van der Waals surface area contributed by atoms with E-state index in [0.29, 0.717) is 29.6 Å². The van der Waals surface area contributed by atoms with E-state index in [-0.39, 0.29) is 11.8 Å². The molecule has 40 heavy (non-hydrogen) atoms. The molecule has 2 heterocycles. The number of likely N-dealkylation sites (tertiary alicyclic amines) is 1. The molecule has 1 saturated heterocycles. The third-order valence-electron chi connectivity index (χ3n) is 7.84. The van der Waals surface area contributed by atoms with E-state index in [4.69, 9.17) is 0 Å². The van der Waals surface area contributed by atoms with Gasteiger partial charge in [0.1, 0.15) is 0 Å². The van der Waals surface area contributed by atoms with Crippen molar-refractivity contribution in [2.45, 2.75) is 63.4 Å². The Balaban J connectivity index is 1.33. The van der Waals surface area contributed by atoms with Gasteiger partial charge in [-0.25, -0.2) is 0 Å². The van der Waals surface area contributed by atoms with Crippen molar-refractivity contribution in [1.29, 1.82) is 0 Å². The Labute approximate surface area is 242 Å². The van der Waals surface area contributed by atoms with Gasteiger partial charge in [-0.3, -0.25) is 9.59 Å². The first-order valence-corrected chi connectivity index (χ1v) is 15.3. The second-order valence-corrected chi connectivity index (χ2v) is 11.9. The lowest BCUT2D eigenvalue weighted by atomic mass is 10.00. The van der Waals surface area contributed by atoms with Gasteiger partial charge in [0.25, 0.3) is 11.8 Å². The normalized spacial score (nSPS) is 18.6. The van der Waals surface area contributed by atoms with Gasteiger partial charge in [0, 0.05) is 29.6 Å². The zero-order valence-electron chi connectivity index (χ0n) is 23.6. The summed E-state index contributed by atoms with van der Waals surface area (Å²) in [6.45, 7) is 7.61. The van der Waals surface area contributed by atoms with E-state index in [1.165, 1.54) is 44.0 Å². The minimum Gasteiger partial charge on any atom is -0.352 e. The summed E-state index contributed by atoms with van der Waals surface area (Å²) < 4.78 is 0. The average molecular weight is 554 g/mol. The zero-order valence-corrected chi connectivity index (χ0v) is 24.4. The van der Waals surface area contributed by atoms with Gasteiger partial charge in [-0.2, -0.15) is 0 Å². The summed E-state index contributed by atoms with van der Waals surface area (Å²) in [5.41, 5.74) is 4.57. The van der Waals surface area contributed by atoms with Gasteiger partial charge in [-0.15, -0.1) is 0 Å². The smallest absolute Gasteiger partial charge is 0.265 e. The number of nitrogens with one attached hydrogen (secondary N) is 1. The standard InChI is InChI=1S/C34H39N3O2S/c1-3-29-15-7-8-19-36(29)20-10-18-35-33(38)28-16-17-31-30(23-28)37(24-27-14-9-11-25(2)21-27)34(39)32(40-31)22-26-12-5-4-6-13-26/h4-6,9,11-14,16-17,21-23,29H,3,7-8,10,15,18-20,24H2,1-2H3,(H,35,38)/b32-22+/t29-/m0/s1. The van der Waals surface area contributed by atoms with Crippen LogP contribution in [0.15, 0.2) is 82.6 Å². The van der Waals surface area contributed by atoms with Crippen molar-refractivity contribution in [3.8, 4) is 0 Å². The van der Waals surface area contributed by atoms with E-state index in [9.17, 15) is 9.59 Å². The Hall–Kier alpha value is -3.35. The maximum absolute atomic E-state index is 13.8. The van der Waals surface area contributed by atoms with Crippen LogP contribution in [0.4, 0.5) is 5.69 Å². The Morgan fingerprint density at radius 2 is 1.90 bits per heavy atom. The summed E-state index contributed by atoms with van der Waals surface area (Å²) >= 11 is 1.47. The Kier molecular flexibility index (Phi) is 9.40. The average Bonchev–Trinajstić information content (AvgIpc) is 2.98. The molecular weight excluding hydrogens is 514 g/mol. The fourth-order valence-corrected chi connectivity index (χ4v) is 6.74. The molecule has 208 valence electrons. The first-order valence-electron chi connectivity index (χ1n) is 14.5. The number of carbonyl (C=O) groups is 2. The fourth-order valence-electron chi connectivity index (χ4n) is 5.71. The number of hydrogen-bond acceptors (Lipinski definition) is 4. The summed E-state index contributed by atoms with van der Waals surface area (Å²) in [4.78, 5) is 33.0. The topological polar surface area (TPSA) is 52.7 Å². The van der Waals surface area contributed by atoms with Gasteiger partial charge in [0.15, 0.2) is 0 Å². The fraction of sp³-hybridized carbons (Fsp3) is 0.353. The maximum atomic E-state index is 13.8.